The Morgan fingerprint density at radius 3 is 2.65 bits per heavy atom. The lowest BCUT2D eigenvalue weighted by atomic mass is 9.84. The summed E-state index contributed by atoms with van der Waals surface area (Å²) in [6.45, 7) is -0.196. The van der Waals surface area contributed by atoms with Gasteiger partial charge in [-0.05, 0) is 30.5 Å². The van der Waals surface area contributed by atoms with E-state index < -0.39 is 22.0 Å². The van der Waals surface area contributed by atoms with E-state index in [0.717, 1.165) is 30.0 Å². The number of aromatic nitrogens is 1. The fraction of sp³-hybridized carbons (Fsp3) is 0.500. The van der Waals surface area contributed by atoms with Crippen molar-refractivity contribution in [1.82, 2.24) is 14.2 Å². The van der Waals surface area contributed by atoms with Crippen LogP contribution in [0.3, 0.4) is 0 Å². The molecule has 1 saturated heterocycles. The standard InChI is InChI=1S/C22H26Cl2N4O4S2/c23-16-6-7-17(24)19(13-16)34(31,32)27-9-10-28(20(29)14-27)18(12-15-4-2-1-3-5-15)21(30)26-22-25-8-11-33-22/h6-8,11,13,15,18H,1-5,9-10,12,14H2,(H,25,26,30). The molecule has 184 valence electrons. The summed E-state index contributed by atoms with van der Waals surface area (Å²) < 4.78 is 27.4. The molecule has 1 aromatic carbocycles. The predicted molar refractivity (Wildman–Crippen MR) is 133 cm³/mol. The molecule has 2 aromatic rings. The highest BCUT2D eigenvalue weighted by atomic mass is 35.5. The summed E-state index contributed by atoms with van der Waals surface area (Å²) in [6, 6.07) is 3.52. The zero-order valence-electron chi connectivity index (χ0n) is 18.5. The van der Waals surface area contributed by atoms with Gasteiger partial charge in [0, 0.05) is 29.7 Å². The molecule has 2 amide bonds. The predicted octanol–water partition coefficient (Wildman–Crippen LogP) is 4.26. The van der Waals surface area contributed by atoms with Crippen LogP contribution < -0.4 is 5.32 Å². The number of nitrogens with one attached hydrogen (secondary N) is 1. The zero-order valence-corrected chi connectivity index (χ0v) is 21.6. The van der Waals surface area contributed by atoms with Crippen LogP contribution in [0.1, 0.15) is 38.5 Å². The highest BCUT2D eigenvalue weighted by Gasteiger charge is 2.39. The minimum absolute atomic E-state index is 0.0391. The molecule has 0 bridgehead atoms. The lowest BCUT2D eigenvalue weighted by molar-refractivity contribution is -0.142. The molecule has 12 heteroatoms. The Morgan fingerprint density at radius 2 is 1.97 bits per heavy atom. The number of hydrogen-bond acceptors (Lipinski definition) is 6. The van der Waals surface area contributed by atoms with Crippen molar-refractivity contribution in [2.24, 2.45) is 5.92 Å². The number of hydrogen-bond donors (Lipinski definition) is 1. The van der Waals surface area contributed by atoms with Gasteiger partial charge in [0.2, 0.25) is 21.8 Å². The van der Waals surface area contributed by atoms with E-state index in [9.17, 15) is 18.0 Å². The van der Waals surface area contributed by atoms with Crippen LogP contribution in [0.25, 0.3) is 0 Å². The van der Waals surface area contributed by atoms with Crippen molar-refractivity contribution >= 4 is 61.5 Å². The second-order valence-corrected chi connectivity index (χ2v) is 12.2. The number of anilines is 1. The highest BCUT2D eigenvalue weighted by molar-refractivity contribution is 7.89. The molecule has 34 heavy (non-hydrogen) atoms. The number of carbonyl (C=O) groups is 2. The lowest BCUT2D eigenvalue weighted by Gasteiger charge is -2.39. The molecule has 1 N–H and O–H groups in total. The largest absolute Gasteiger partial charge is 0.328 e. The van der Waals surface area contributed by atoms with Crippen molar-refractivity contribution in [1.29, 1.82) is 0 Å². The zero-order chi connectivity index (χ0) is 24.3. The van der Waals surface area contributed by atoms with E-state index in [-0.39, 0.29) is 40.5 Å². The Kier molecular flexibility index (Phi) is 8.14. The van der Waals surface area contributed by atoms with Crippen LogP contribution in [0.15, 0.2) is 34.7 Å². The number of carbonyl (C=O) groups excluding carboxylic acids is 2. The third-order valence-corrected chi connectivity index (χ3v) is 9.61. The van der Waals surface area contributed by atoms with Crippen molar-refractivity contribution in [2.75, 3.05) is 25.0 Å². The summed E-state index contributed by atoms with van der Waals surface area (Å²) in [5.41, 5.74) is 0. The third-order valence-electron chi connectivity index (χ3n) is 6.36. The molecule has 8 nitrogen and oxygen atoms in total. The van der Waals surface area contributed by atoms with E-state index in [1.54, 1.807) is 11.6 Å². The number of nitrogens with zero attached hydrogens (tertiary/aromatic N) is 3. The smallest absolute Gasteiger partial charge is 0.248 e. The summed E-state index contributed by atoms with van der Waals surface area (Å²) >= 11 is 13.4. The van der Waals surface area contributed by atoms with Gasteiger partial charge in [-0.2, -0.15) is 4.31 Å². The molecule has 4 rings (SSSR count). The second kappa shape index (κ2) is 10.9. The number of benzene rings is 1. The number of thiazole rings is 1. The Hall–Kier alpha value is -1.72. The summed E-state index contributed by atoms with van der Waals surface area (Å²) in [7, 11) is -4.03. The summed E-state index contributed by atoms with van der Waals surface area (Å²) in [6.07, 6.45) is 7.63. The van der Waals surface area contributed by atoms with E-state index >= 15 is 0 Å². The van der Waals surface area contributed by atoms with Crippen LogP contribution in [-0.4, -0.2) is 60.1 Å². The molecule has 1 aromatic heterocycles. The molecule has 2 aliphatic rings. The quantitative estimate of drug-likeness (QED) is 0.561. The molecule has 1 unspecified atom stereocenters. The van der Waals surface area contributed by atoms with Crippen molar-refractivity contribution in [3.8, 4) is 0 Å². The number of piperazine rings is 1. The van der Waals surface area contributed by atoms with Crippen molar-refractivity contribution in [3.05, 3.63) is 39.8 Å². The number of halogens is 2. The van der Waals surface area contributed by atoms with Crippen molar-refractivity contribution < 1.29 is 18.0 Å². The molecule has 0 radical (unpaired) electrons. The maximum atomic E-state index is 13.2. The summed E-state index contributed by atoms with van der Waals surface area (Å²) in [4.78, 5) is 31.9. The van der Waals surface area contributed by atoms with E-state index in [2.05, 4.69) is 10.3 Å². The van der Waals surface area contributed by atoms with Gasteiger partial charge in [-0.3, -0.25) is 9.59 Å². The van der Waals surface area contributed by atoms with Gasteiger partial charge < -0.3 is 10.2 Å². The fourth-order valence-electron chi connectivity index (χ4n) is 4.60. The maximum Gasteiger partial charge on any atom is 0.248 e. The van der Waals surface area contributed by atoms with Crippen LogP contribution in [0.4, 0.5) is 5.13 Å². The Morgan fingerprint density at radius 1 is 1.21 bits per heavy atom. The molecule has 1 aliphatic carbocycles. The van der Waals surface area contributed by atoms with Gasteiger partial charge in [0.25, 0.3) is 0 Å². The van der Waals surface area contributed by atoms with Gasteiger partial charge in [0.15, 0.2) is 5.13 Å². The first-order valence-corrected chi connectivity index (χ1v) is 14.3. The number of sulfonamides is 1. The minimum Gasteiger partial charge on any atom is -0.328 e. The molecular weight excluding hydrogens is 519 g/mol. The first kappa shape index (κ1) is 25.4. The lowest BCUT2D eigenvalue weighted by Crippen LogP contribution is -2.58. The monoisotopic (exact) mass is 544 g/mol. The molecular formula is C22H26Cl2N4O4S2. The Balaban J connectivity index is 1.52. The first-order chi connectivity index (χ1) is 16.3. The van der Waals surface area contributed by atoms with Gasteiger partial charge in [-0.15, -0.1) is 11.3 Å². The van der Waals surface area contributed by atoms with E-state index in [4.69, 9.17) is 23.2 Å². The van der Waals surface area contributed by atoms with Crippen LogP contribution in [0.2, 0.25) is 10.0 Å². The third kappa shape index (κ3) is 5.73. The van der Waals surface area contributed by atoms with Gasteiger partial charge in [-0.25, -0.2) is 13.4 Å². The van der Waals surface area contributed by atoms with Gasteiger partial charge in [0.05, 0.1) is 11.6 Å². The van der Waals surface area contributed by atoms with Gasteiger partial charge in [-0.1, -0.05) is 55.3 Å². The van der Waals surface area contributed by atoms with Crippen LogP contribution in [-0.2, 0) is 19.6 Å². The van der Waals surface area contributed by atoms with Crippen molar-refractivity contribution in [2.45, 2.75) is 49.5 Å². The summed E-state index contributed by atoms with van der Waals surface area (Å²) in [5.74, 6) is -0.355. The van der Waals surface area contributed by atoms with E-state index in [1.807, 2.05) is 0 Å². The Bertz CT molecular complexity index is 1140. The summed E-state index contributed by atoms with van der Waals surface area (Å²) in [5, 5.41) is 5.34. The van der Waals surface area contributed by atoms with E-state index in [0.29, 0.717) is 17.5 Å². The van der Waals surface area contributed by atoms with Crippen LogP contribution in [0, 0.1) is 5.92 Å². The molecule has 1 atom stereocenters. The average Bonchev–Trinajstić information content (AvgIpc) is 3.33. The number of amides is 2. The van der Waals surface area contributed by atoms with Crippen LogP contribution in [0.5, 0.6) is 0 Å². The number of rotatable bonds is 7. The van der Waals surface area contributed by atoms with Crippen LogP contribution >= 0.6 is 34.5 Å². The Labute approximate surface area is 213 Å². The topological polar surface area (TPSA) is 99.7 Å². The molecule has 1 aliphatic heterocycles. The molecule has 2 heterocycles. The minimum atomic E-state index is -4.03. The molecule has 0 spiro atoms. The van der Waals surface area contributed by atoms with Gasteiger partial charge in [0.1, 0.15) is 10.9 Å². The van der Waals surface area contributed by atoms with Gasteiger partial charge >= 0.3 is 0 Å². The van der Waals surface area contributed by atoms with E-state index in [1.165, 1.54) is 40.9 Å². The highest BCUT2D eigenvalue weighted by Crippen LogP contribution is 2.31. The molecule has 1 saturated carbocycles. The second-order valence-electron chi connectivity index (χ2n) is 8.58. The normalized spacial score (nSPS) is 19.2. The van der Waals surface area contributed by atoms with Crippen molar-refractivity contribution in [3.63, 3.8) is 0 Å². The molecule has 2 fully saturated rings. The average molecular weight is 546 g/mol. The SMILES string of the molecule is O=C(Nc1nccs1)C(CC1CCCCC1)N1CCN(S(=O)(=O)c2cc(Cl)ccc2Cl)CC1=O. The maximum absolute atomic E-state index is 13.2. The fourth-order valence-corrected chi connectivity index (χ4v) is 7.25. The first-order valence-electron chi connectivity index (χ1n) is 11.2.